The van der Waals surface area contributed by atoms with E-state index in [9.17, 15) is 13.6 Å². The van der Waals surface area contributed by atoms with Crippen molar-refractivity contribution < 1.29 is 13.6 Å². The number of hydrogen-bond acceptors (Lipinski definition) is 4. The maximum atomic E-state index is 14.7. The number of nitriles is 1. The summed E-state index contributed by atoms with van der Waals surface area (Å²) in [6.07, 6.45) is 1.54. The number of nitrogens with zero attached hydrogens (tertiary/aromatic N) is 5. The minimum absolute atomic E-state index is 0.00185. The molecule has 0 unspecified atom stereocenters. The van der Waals surface area contributed by atoms with Gasteiger partial charge in [0.05, 0.1) is 24.7 Å². The summed E-state index contributed by atoms with van der Waals surface area (Å²) in [5, 5.41) is 18.3. The summed E-state index contributed by atoms with van der Waals surface area (Å²) in [6.45, 7) is 2.17. The average Bonchev–Trinajstić information content (AvgIpc) is 3.40. The fourth-order valence-electron chi connectivity index (χ4n) is 4.60. The molecule has 0 aliphatic heterocycles. The molecule has 0 atom stereocenters. The molecule has 0 radical (unpaired) electrons. The van der Waals surface area contributed by atoms with Gasteiger partial charge in [0.2, 0.25) is 0 Å². The number of carbonyl (C=O) groups is 1. The van der Waals surface area contributed by atoms with Crippen molar-refractivity contribution in [3.05, 3.63) is 141 Å². The van der Waals surface area contributed by atoms with Crippen LogP contribution in [0.3, 0.4) is 0 Å². The molecule has 6 nitrogen and oxygen atoms in total. The Morgan fingerprint density at radius 2 is 1.69 bits per heavy atom. The molecular weight excluding hydrogens is 579 g/mol. The minimum atomic E-state index is -0.759. The van der Waals surface area contributed by atoms with Crippen molar-refractivity contribution in [3.8, 4) is 17.2 Å². The highest BCUT2D eigenvalue weighted by atomic mass is 35.5. The van der Waals surface area contributed by atoms with Gasteiger partial charge in [-0.25, -0.2) is 8.78 Å². The predicted octanol–water partition coefficient (Wildman–Crippen LogP) is 7.60. The second-order valence-electron chi connectivity index (χ2n) is 9.77. The second kappa shape index (κ2) is 12.5. The standard InChI is InChI=1S/C32H23Cl2F2N5O/c1-20-2-7-23(12-29(20)25-10-26(33)13-27(34)11-25)32(42)40(17-24-8-9-28(35)14-30(24)36)18-31-39-38-19-41(31)16-22-5-3-21(15-37)4-6-22/h2-14,19H,16-18H2,1H3. The second-order valence-corrected chi connectivity index (χ2v) is 10.6. The summed E-state index contributed by atoms with van der Waals surface area (Å²) in [7, 11) is 0. The molecule has 1 heterocycles. The SMILES string of the molecule is Cc1ccc(C(=O)N(Cc2ccc(F)cc2F)Cc2nncn2Cc2ccc(C#N)cc2)cc1-c1cc(Cl)cc(Cl)c1. The first-order valence-corrected chi connectivity index (χ1v) is 13.6. The monoisotopic (exact) mass is 601 g/mol. The summed E-state index contributed by atoms with van der Waals surface area (Å²) >= 11 is 12.5. The third-order valence-corrected chi connectivity index (χ3v) is 7.22. The Morgan fingerprint density at radius 1 is 0.952 bits per heavy atom. The van der Waals surface area contributed by atoms with Crippen molar-refractivity contribution >= 4 is 29.1 Å². The zero-order chi connectivity index (χ0) is 29.8. The summed E-state index contributed by atoms with van der Waals surface area (Å²) in [5.41, 5.74) is 4.37. The topological polar surface area (TPSA) is 74.8 Å². The number of carbonyl (C=O) groups excluding carboxylic acids is 1. The Morgan fingerprint density at radius 3 is 2.38 bits per heavy atom. The van der Waals surface area contributed by atoms with Gasteiger partial charge in [-0.2, -0.15) is 5.26 Å². The van der Waals surface area contributed by atoms with Gasteiger partial charge in [0.15, 0.2) is 5.82 Å². The number of hydrogen-bond donors (Lipinski definition) is 0. The minimum Gasteiger partial charge on any atom is -0.327 e. The van der Waals surface area contributed by atoms with Gasteiger partial charge in [-0.1, -0.05) is 47.5 Å². The molecule has 210 valence electrons. The van der Waals surface area contributed by atoms with Gasteiger partial charge < -0.3 is 9.47 Å². The van der Waals surface area contributed by atoms with Crippen LogP contribution in [0, 0.1) is 29.9 Å². The van der Waals surface area contributed by atoms with Gasteiger partial charge in [-0.15, -0.1) is 10.2 Å². The van der Waals surface area contributed by atoms with Crippen molar-refractivity contribution in [2.45, 2.75) is 26.6 Å². The van der Waals surface area contributed by atoms with Crippen LogP contribution in [0.25, 0.3) is 11.1 Å². The van der Waals surface area contributed by atoms with Crippen LogP contribution in [0.4, 0.5) is 8.78 Å². The Bertz CT molecular complexity index is 1790. The lowest BCUT2D eigenvalue weighted by molar-refractivity contribution is 0.0722. The smallest absolute Gasteiger partial charge is 0.254 e. The highest BCUT2D eigenvalue weighted by Crippen LogP contribution is 2.31. The van der Waals surface area contributed by atoms with E-state index in [1.54, 1.807) is 53.4 Å². The van der Waals surface area contributed by atoms with E-state index >= 15 is 0 Å². The molecule has 0 spiro atoms. The van der Waals surface area contributed by atoms with Crippen LogP contribution in [0.15, 0.2) is 85.2 Å². The number of aryl methyl sites for hydroxylation is 1. The fraction of sp³-hybridized carbons (Fsp3) is 0.125. The highest BCUT2D eigenvalue weighted by Gasteiger charge is 2.22. The Labute approximate surface area is 251 Å². The Hall–Kier alpha value is -4.58. The summed E-state index contributed by atoms with van der Waals surface area (Å²) in [4.78, 5) is 15.5. The number of halogens is 4. The molecule has 42 heavy (non-hydrogen) atoms. The number of benzene rings is 4. The zero-order valence-corrected chi connectivity index (χ0v) is 23.9. The van der Waals surface area contributed by atoms with E-state index in [0.29, 0.717) is 33.5 Å². The van der Waals surface area contributed by atoms with Crippen molar-refractivity contribution in [1.82, 2.24) is 19.7 Å². The van der Waals surface area contributed by atoms with Crippen molar-refractivity contribution in [1.29, 1.82) is 5.26 Å². The van der Waals surface area contributed by atoms with Crippen LogP contribution in [0.5, 0.6) is 0 Å². The van der Waals surface area contributed by atoms with E-state index in [2.05, 4.69) is 16.3 Å². The van der Waals surface area contributed by atoms with E-state index in [1.165, 1.54) is 11.0 Å². The number of amides is 1. The largest absolute Gasteiger partial charge is 0.327 e. The maximum absolute atomic E-state index is 14.7. The summed E-state index contributed by atoms with van der Waals surface area (Å²) in [6, 6.07) is 22.9. The summed E-state index contributed by atoms with van der Waals surface area (Å²) in [5.74, 6) is -1.39. The number of aromatic nitrogens is 3. The maximum Gasteiger partial charge on any atom is 0.254 e. The quantitative estimate of drug-likeness (QED) is 0.183. The first kappa shape index (κ1) is 28.9. The molecule has 0 aliphatic carbocycles. The predicted molar refractivity (Wildman–Crippen MR) is 157 cm³/mol. The highest BCUT2D eigenvalue weighted by molar-refractivity contribution is 6.35. The van der Waals surface area contributed by atoms with E-state index in [1.807, 2.05) is 25.1 Å². The third kappa shape index (κ3) is 6.65. The van der Waals surface area contributed by atoms with E-state index < -0.39 is 11.6 Å². The number of rotatable bonds is 8. The molecule has 10 heteroatoms. The van der Waals surface area contributed by atoms with Gasteiger partial charge in [0.1, 0.15) is 18.0 Å². The molecule has 0 fully saturated rings. The first-order valence-electron chi connectivity index (χ1n) is 12.9. The molecule has 1 amide bonds. The third-order valence-electron chi connectivity index (χ3n) is 6.79. The normalized spacial score (nSPS) is 10.9. The zero-order valence-electron chi connectivity index (χ0n) is 22.4. The van der Waals surface area contributed by atoms with Gasteiger partial charge in [-0.05, 0) is 77.7 Å². The molecule has 0 saturated carbocycles. The summed E-state index contributed by atoms with van der Waals surface area (Å²) < 4.78 is 30.2. The van der Waals surface area contributed by atoms with Crippen LogP contribution in [0.2, 0.25) is 10.0 Å². The Balaban J connectivity index is 1.49. The van der Waals surface area contributed by atoms with E-state index in [0.717, 1.165) is 34.4 Å². The molecule has 0 aliphatic rings. The van der Waals surface area contributed by atoms with Crippen molar-refractivity contribution in [2.75, 3.05) is 0 Å². The molecule has 5 aromatic rings. The van der Waals surface area contributed by atoms with Gasteiger partial charge >= 0.3 is 0 Å². The van der Waals surface area contributed by atoms with Crippen LogP contribution in [0.1, 0.15) is 38.4 Å². The lowest BCUT2D eigenvalue weighted by Crippen LogP contribution is -2.32. The first-order chi connectivity index (χ1) is 20.2. The van der Waals surface area contributed by atoms with Crippen LogP contribution >= 0.6 is 23.2 Å². The average molecular weight is 602 g/mol. The van der Waals surface area contributed by atoms with Crippen LogP contribution in [-0.4, -0.2) is 25.6 Å². The van der Waals surface area contributed by atoms with Crippen LogP contribution < -0.4 is 0 Å². The van der Waals surface area contributed by atoms with Gasteiger partial charge in [0.25, 0.3) is 5.91 Å². The molecule has 5 rings (SSSR count). The van der Waals surface area contributed by atoms with Gasteiger partial charge in [0, 0.05) is 33.8 Å². The van der Waals surface area contributed by atoms with Gasteiger partial charge in [-0.3, -0.25) is 4.79 Å². The molecule has 4 aromatic carbocycles. The van der Waals surface area contributed by atoms with Crippen molar-refractivity contribution in [2.24, 2.45) is 0 Å². The molecular formula is C32H23Cl2F2N5O. The molecule has 0 N–H and O–H groups in total. The molecule has 1 aromatic heterocycles. The van der Waals surface area contributed by atoms with Crippen LogP contribution in [-0.2, 0) is 19.6 Å². The Kier molecular flexibility index (Phi) is 8.62. The lowest BCUT2D eigenvalue weighted by Gasteiger charge is -2.24. The van der Waals surface area contributed by atoms with E-state index in [4.69, 9.17) is 28.5 Å². The molecule has 0 saturated heterocycles. The molecule has 0 bridgehead atoms. The van der Waals surface area contributed by atoms with Crippen molar-refractivity contribution in [3.63, 3.8) is 0 Å². The van der Waals surface area contributed by atoms with E-state index in [-0.39, 0.29) is 24.6 Å². The lowest BCUT2D eigenvalue weighted by atomic mass is 9.97. The fourth-order valence-corrected chi connectivity index (χ4v) is 5.12.